The highest BCUT2D eigenvalue weighted by molar-refractivity contribution is 6.35. The quantitative estimate of drug-likeness (QED) is 0.632. The van der Waals surface area contributed by atoms with Crippen LogP contribution >= 0.6 is 0 Å². The molecule has 0 spiro atoms. The minimum Gasteiger partial charge on any atom is -0.465 e. The SMILES string of the molecule is COC(=O)c1ccc2c(c1)C(=O)N(c1cc(C)ccc1C)C2=O. The summed E-state index contributed by atoms with van der Waals surface area (Å²) in [6, 6.07) is 9.99. The second-order valence-electron chi connectivity index (χ2n) is 5.49. The number of carbonyl (C=O) groups excluding carboxylic acids is 3. The van der Waals surface area contributed by atoms with Crippen molar-refractivity contribution in [2.24, 2.45) is 0 Å². The summed E-state index contributed by atoms with van der Waals surface area (Å²) in [6.07, 6.45) is 0. The van der Waals surface area contributed by atoms with Gasteiger partial charge in [-0.2, -0.15) is 0 Å². The first-order valence-electron chi connectivity index (χ1n) is 7.12. The Labute approximate surface area is 133 Å². The Morgan fingerprint density at radius 1 is 0.957 bits per heavy atom. The van der Waals surface area contributed by atoms with Crippen LogP contribution in [-0.2, 0) is 4.74 Å². The summed E-state index contributed by atoms with van der Waals surface area (Å²) in [4.78, 5) is 38.1. The lowest BCUT2D eigenvalue weighted by atomic mass is 10.1. The molecule has 3 rings (SSSR count). The molecule has 0 saturated carbocycles. The van der Waals surface area contributed by atoms with Gasteiger partial charge in [-0.15, -0.1) is 0 Å². The number of esters is 1. The van der Waals surface area contributed by atoms with Crippen molar-refractivity contribution in [1.82, 2.24) is 0 Å². The average Bonchev–Trinajstić information content (AvgIpc) is 2.80. The minimum atomic E-state index is -0.543. The molecule has 0 aliphatic carbocycles. The predicted molar refractivity (Wildman–Crippen MR) is 84.8 cm³/mol. The molecular weight excluding hydrogens is 294 g/mol. The first-order chi connectivity index (χ1) is 10.9. The van der Waals surface area contributed by atoms with Gasteiger partial charge in [0.2, 0.25) is 0 Å². The summed E-state index contributed by atoms with van der Waals surface area (Å²) >= 11 is 0. The fourth-order valence-electron chi connectivity index (χ4n) is 2.66. The standard InChI is InChI=1S/C18H15NO4/c1-10-4-5-11(2)15(8-10)19-16(20)13-7-6-12(18(22)23-3)9-14(13)17(19)21/h4-9H,1-3H3. The zero-order valence-corrected chi connectivity index (χ0v) is 13.0. The lowest BCUT2D eigenvalue weighted by molar-refractivity contribution is 0.0600. The van der Waals surface area contributed by atoms with Gasteiger partial charge >= 0.3 is 5.97 Å². The Morgan fingerprint density at radius 3 is 2.35 bits per heavy atom. The van der Waals surface area contributed by atoms with Crippen LogP contribution in [0.4, 0.5) is 5.69 Å². The first-order valence-corrected chi connectivity index (χ1v) is 7.12. The summed E-state index contributed by atoms with van der Waals surface area (Å²) < 4.78 is 4.66. The third-order valence-corrected chi connectivity index (χ3v) is 3.91. The average molecular weight is 309 g/mol. The highest BCUT2D eigenvalue weighted by Gasteiger charge is 2.37. The number of ether oxygens (including phenoxy) is 1. The number of anilines is 1. The van der Waals surface area contributed by atoms with Gasteiger partial charge in [0.1, 0.15) is 0 Å². The van der Waals surface area contributed by atoms with Crippen LogP contribution in [0, 0.1) is 13.8 Å². The lowest BCUT2D eigenvalue weighted by Gasteiger charge is -2.17. The van der Waals surface area contributed by atoms with E-state index in [1.54, 1.807) is 6.07 Å². The van der Waals surface area contributed by atoms with Gasteiger partial charge in [0.05, 0.1) is 29.5 Å². The van der Waals surface area contributed by atoms with Gasteiger partial charge < -0.3 is 4.74 Å². The number of aryl methyl sites for hydroxylation is 2. The number of nitrogens with zero attached hydrogens (tertiary/aromatic N) is 1. The van der Waals surface area contributed by atoms with Crippen LogP contribution in [0.1, 0.15) is 42.2 Å². The van der Waals surface area contributed by atoms with E-state index in [-0.39, 0.29) is 17.0 Å². The molecule has 1 aliphatic heterocycles. The summed E-state index contributed by atoms with van der Waals surface area (Å²) in [5.74, 6) is -1.35. The van der Waals surface area contributed by atoms with Crippen molar-refractivity contribution in [3.8, 4) is 0 Å². The number of imide groups is 1. The fourth-order valence-corrected chi connectivity index (χ4v) is 2.66. The predicted octanol–water partition coefficient (Wildman–Crippen LogP) is 2.89. The molecule has 0 fully saturated rings. The molecule has 1 heterocycles. The van der Waals surface area contributed by atoms with Gasteiger partial charge in [0.15, 0.2) is 0 Å². The largest absolute Gasteiger partial charge is 0.465 e. The van der Waals surface area contributed by atoms with Crippen molar-refractivity contribution in [1.29, 1.82) is 0 Å². The zero-order chi connectivity index (χ0) is 16.7. The molecule has 0 unspecified atom stereocenters. The number of fused-ring (bicyclic) bond motifs is 1. The van der Waals surface area contributed by atoms with Crippen molar-refractivity contribution in [2.45, 2.75) is 13.8 Å². The number of hydrogen-bond acceptors (Lipinski definition) is 4. The molecule has 1 aliphatic rings. The Morgan fingerprint density at radius 2 is 1.65 bits per heavy atom. The van der Waals surface area contributed by atoms with Gasteiger partial charge in [0, 0.05) is 0 Å². The van der Waals surface area contributed by atoms with Gasteiger partial charge in [-0.1, -0.05) is 12.1 Å². The number of carbonyl (C=O) groups is 3. The smallest absolute Gasteiger partial charge is 0.337 e. The molecule has 116 valence electrons. The molecule has 23 heavy (non-hydrogen) atoms. The Balaban J connectivity index is 2.10. The second-order valence-corrected chi connectivity index (χ2v) is 5.49. The van der Waals surface area contributed by atoms with Crippen LogP contribution in [-0.4, -0.2) is 24.9 Å². The number of benzene rings is 2. The third kappa shape index (κ3) is 2.30. The molecule has 2 aromatic carbocycles. The maximum atomic E-state index is 12.7. The third-order valence-electron chi connectivity index (χ3n) is 3.91. The van der Waals surface area contributed by atoms with Crippen LogP contribution in [0.25, 0.3) is 0 Å². The highest BCUT2D eigenvalue weighted by Crippen LogP contribution is 2.31. The number of hydrogen-bond donors (Lipinski definition) is 0. The number of amides is 2. The van der Waals surface area contributed by atoms with Crippen LogP contribution < -0.4 is 4.90 Å². The van der Waals surface area contributed by atoms with Gasteiger partial charge in [-0.3, -0.25) is 9.59 Å². The topological polar surface area (TPSA) is 63.7 Å². The molecule has 0 atom stereocenters. The van der Waals surface area contributed by atoms with E-state index in [0.717, 1.165) is 16.0 Å². The first kappa shape index (κ1) is 15.0. The molecule has 5 nitrogen and oxygen atoms in total. The van der Waals surface area contributed by atoms with E-state index in [4.69, 9.17) is 0 Å². The summed E-state index contributed by atoms with van der Waals surface area (Å²) in [6.45, 7) is 3.74. The van der Waals surface area contributed by atoms with E-state index in [9.17, 15) is 14.4 Å². The van der Waals surface area contributed by atoms with Gasteiger partial charge in [0.25, 0.3) is 11.8 Å². The van der Waals surface area contributed by atoms with E-state index >= 15 is 0 Å². The fraction of sp³-hybridized carbons (Fsp3) is 0.167. The Bertz CT molecular complexity index is 854. The van der Waals surface area contributed by atoms with Gasteiger partial charge in [-0.25, -0.2) is 9.69 Å². The summed E-state index contributed by atoms with van der Waals surface area (Å²) in [7, 11) is 1.27. The van der Waals surface area contributed by atoms with Crippen molar-refractivity contribution in [3.63, 3.8) is 0 Å². The molecule has 0 saturated heterocycles. The normalized spacial score (nSPS) is 13.3. The van der Waals surface area contributed by atoms with Crippen molar-refractivity contribution in [3.05, 3.63) is 64.2 Å². The summed E-state index contributed by atoms with van der Waals surface area (Å²) in [5, 5.41) is 0. The van der Waals surface area contributed by atoms with Crippen molar-refractivity contribution < 1.29 is 19.1 Å². The Hall–Kier alpha value is -2.95. The minimum absolute atomic E-state index is 0.221. The zero-order valence-electron chi connectivity index (χ0n) is 13.0. The molecule has 0 bridgehead atoms. The second kappa shape index (κ2) is 5.35. The van der Waals surface area contributed by atoms with Crippen LogP contribution in [0.3, 0.4) is 0 Å². The lowest BCUT2D eigenvalue weighted by Crippen LogP contribution is -2.30. The van der Waals surface area contributed by atoms with Gasteiger partial charge in [-0.05, 0) is 49.2 Å². The molecule has 0 N–H and O–H groups in total. The molecule has 0 aromatic heterocycles. The monoisotopic (exact) mass is 309 g/mol. The van der Waals surface area contributed by atoms with E-state index < -0.39 is 11.9 Å². The number of methoxy groups -OCH3 is 1. The van der Waals surface area contributed by atoms with Crippen molar-refractivity contribution >= 4 is 23.5 Å². The van der Waals surface area contributed by atoms with E-state index in [1.165, 1.54) is 25.3 Å². The summed E-state index contributed by atoms with van der Waals surface area (Å²) in [5.41, 5.74) is 3.11. The maximum Gasteiger partial charge on any atom is 0.337 e. The molecule has 2 amide bonds. The van der Waals surface area contributed by atoms with Crippen LogP contribution in [0.2, 0.25) is 0 Å². The highest BCUT2D eigenvalue weighted by atomic mass is 16.5. The Kier molecular flexibility index (Phi) is 3.48. The molecular formula is C18H15NO4. The molecule has 5 heteroatoms. The van der Waals surface area contributed by atoms with E-state index in [0.29, 0.717) is 11.3 Å². The van der Waals surface area contributed by atoms with E-state index in [2.05, 4.69) is 4.74 Å². The molecule has 0 radical (unpaired) electrons. The van der Waals surface area contributed by atoms with Crippen LogP contribution in [0.15, 0.2) is 36.4 Å². The molecule has 2 aromatic rings. The van der Waals surface area contributed by atoms with Crippen LogP contribution in [0.5, 0.6) is 0 Å². The number of rotatable bonds is 2. The van der Waals surface area contributed by atoms with Crippen molar-refractivity contribution in [2.75, 3.05) is 12.0 Å². The van der Waals surface area contributed by atoms with E-state index in [1.807, 2.05) is 26.0 Å². The maximum absolute atomic E-state index is 12.7.